The number of nitrogens with zero attached hydrogens (tertiary/aromatic N) is 1. The fourth-order valence-electron chi connectivity index (χ4n) is 3.30. The molecule has 0 saturated heterocycles. The van der Waals surface area contributed by atoms with Gasteiger partial charge in [0.05, 0.1) is 11.2 Å². The fourth-order valence-corrected chi connectivity index (χ4v) is 4.54. The van der Waals surface area contributed by atoms with Crippen LogP contribution >= 0.6 is 11.3 Å². The average molecular weight is 295 g/mol. The number of nitrogens with one attached hydrogen (secondary N) is 1. The van der Waals surface area contributed by atoms with Crippen molar-refractivity contribution < 1.29 is 0 Å². The molecule has 1 fully saturated rings. The largest absolute Gasteiger partial charge is 0.303 e. The first kappa shape index (κ1) is 16.0. The molecular formula is C17H30N2S. The Balaban J connectivity index is 2.35. The molecule has 20 heavy (non-hydrogen) atoms. The molecule has 1 aliphatic rings. The maximum Gasteiger partial charge on any atom is 0.113 e. The number of aromatic nitrogens is 1. The highest BCUT2D eigenvalue weighted by atomic mass is 32.1. The summed E-state index contributed by atoms with van der Waals surface area (Å²) in [6.07, 6.45) is 3.67. The van der Waals surface area contributed by atoms with Gasteiger partial charge < -0.3 is 5.32 Å². The Bertz CT molecular complexity index is 468. The Kier molecular flexibility index (Phi) is 4.07. The van der Waals surface area contributed by atoms with E-state index < -0.39 is 0 Å². The van der Waals surface area contributed by atoms with Crippen LogP contribution in [0.5, 0.6) is 0 Å². The minimum Gasteiger partial charge on any atom is -0.303 e. The van der Waals surface area contributed by atoms with Crippen LogP contribution in [0.3, 0.4) is 0 Å². The molecule has 0 amide bonds. The van der Waals surface area contributed by atoms with Crippen molar-refractivity contribution in [2.24, 2.45) is 5.41 Å². The Labute approximate surface area is 128 Å². The van der Waals surface area contributed by atoms with Crippen LogP contribution in [0.1, 0.15) is 78.4 Å². The van der Waals surface area contributed by atoms with Gasteiger partial charge in [-0.15, -0.1) is 11.3 Å². The van der Waals surface area contributed by atoms with E-state index in [9.17, 15) is 0 Å². The molecule has 1 aromatic rings. The first-order chi connectivity index (χ1) is 9.04. The summed E-state index contributed by atoms with van der Waals surface area (Å²) in [6, 6.07) is 0.492. The van der Waals surface area contributed by atoms with Crippen LogP contribution in [0.25, 0.3) is 0 Å². The lowest BCUT2D eigenvalue weighted by Crippen LogP contribution is -2.44. The predicted octanol–water partition coefficient (Wildman–Crippen LogP) is 4.84. The quantitative estimate of drug-likeness (QED) is 0.862. The Morgan fingerprint density at radius 3 is 2.30 bits per heavy atom. The van der Waals surface area contributed by atoms with Gasteiger partial charge in [0.2, 0.25) is 0 Å². The van der Waals surface area contributed by atoms with Crippen molar-refractivity contribution in [2.75, 3.05) is 0 Å². The van der Waals surface area contributed by atoms with Crippen LogP contribution in [0.15, 0.2) is 5.38 Å². The van der Waals surface area contributed by atoms with Gasteiger partial charge in [-0.05, 0) is 38.5 Å². The van der Waals surface area contributed by atoms with E-state index in [1.807, 2.05) is 11.3 Å². The number of hydrogen-bond acceptors (Lipinski definition) is 3. The zero-order valence-corrected chi connectivity index (χ0v) is 14.9. The standard InChI is InChI=1S/C17H30N2S/c1-12(2)19-17(9-8-16(6,7)11-17)14-18-13(10-20-14)15(3,4)5/h10,12,19H,8-9,11H2,1-7H3. The number of rotatable bonds is 3. The maximum absolute atomic E-state index is 5.01. The summed E-state index contributed by atoms with van der Waals surface area (Å²) < 4.78 is 0. The molecule has 1 heterocycles. The van der Waals surface area contributed by atoms with Crippen LogP contribution in [-0.4, -0.2) is 11.0 Å². The van der Waals surface area contributed by atoms with E-state index in [1.165, 1.54) is 30.0 Å². The molecule has 0 radical (unpaired) electrons. The van der Waals surface area contributed by atoms with Crippen molar-refractivity contribution in [3.05, 3.63) is 16.1 Å². The van der Waals surface area contributed by atoms with Gasteiger partial charge in [-0.1, -0.05) is 34.6 Å². The van der Waals surface area contributed by atoms with Crippen LogP contribution in [0.2, 0.25) is 0 Å². The lowest BCUT2D eigenvalue weighted by molar-refractivity contribution is 0.269. The van der Waals surface area contributed by atoms with E-state index in [-0.39, 0.29) is 11.0 Å². The van der Waals surface area contributed by atoms with E-state index >= 15 is 0 Å². The number of thiazole rings is 1. The van der Waals surface area contributed by atoms with E-state index in [0.29, 0.717) is 11.5 Å². The Morgan fingerprint density at radius 1 is 1.25 bits per heavy atom. The molecule has 1 saturated carbocycles. The third-order valence-corrected chi connectivity index (χ3v) is 5.30. The highest BCUT2D eigenvalue weighted by Gasteiger charge is 2.46. The highest BCUT2D eigenvalue weighted by Crippen LogP contribution is 2.50. The number of hydrogen-bond donors (Lipinski definition) is 1. The Hall–Kier alpha value is -0.410. The smallest absolute Gasteiger partial charge is 0.113 e. The summed E-state index contributed by atoms with van der Waals surface area (Å²) >= 11 is 1.84. The summed E-state index contributed by atoms with van der Waals surface area (Å²) in [5.74, 6) is 0. The molecule has 1 N–H and O–H groups in total. The van der Waals surface area contributed by atoms with Crippen LogP contribution in [0, 0.1) is 5.41 Å². The molecule has 114 valence electrons. The van der Waals surface area contributed by atoms with Crippen molar-refractivity contribution in [2.45, 2.75) is 84.7 Å². The van der Waals surface area contributed by atoms with Gasteiger partial charge >= 0.3 is 0 Å². The van der Waals surface area contributed by atoms with Crippen molar-refractivity contribution in [3.63, 3.8) is 0 Å². The summed E-state index contributed by atoms with van der Waals surface area (Å²) in [5, 5.41) is 7.39. The second-order valence-electron chi connectivity index (χ2n) is 8.51. The topological polar surface area (TPSA) is 24.9 Å². The average Bonchev–Trinajstić information content (AvgIpc) is 2.82. The van der Waals surface area contributed by atoms with Crippen LogP contribution in [-0.2, 0) is 11.0 Å². The molecule has 1 aliphatic carbocycles. The molecule has 2 rings (SSSR count). The van der Waals surface area contributed by atoms with E-state index in [4.69, 9.17) is 4.98 Å². The van der Waals surface area contributed by atoms with E-state index in [0.717, 1.165) is 0 Å². The molecule has 1 atom stereocenters. The second kappa shape index (κ2) is 5.10. The maximum atomic E-state index is 5.01. The monoisotopic (exact) mass is 294 g/mol. The Morgan fingerprint density at radius 2 is 1.90 bits per heavy atom. The third-order valence-electron chi connectivity index (χ3n) is 4.26. The summed E-state index contributed by atoms with van der Waals surface area (Å²) in [5.41, 5.74) is 1.87. The fraction of sp³-hybridized carbons (Fsp3) is 0.824. The summed E-state index contributed by atoms with van der Waals surface area (Å²) in [6.45, 7) is 16.0. The highest BCUT2D eigenvalue weighted by molar-refractivity contribution is 7.09. The lowest BCUT2D eigenvalue weighted by Gasteiger charge is -2.32. The zero-order valence-electron chi connectivity index (χ0n) is 14.1. The van der Waals surface area contributed by atoms with Gasteiger partial charge in [-0.3, -0.25) is 0 Å². The summed E-state index contributed by atoms with van der Waals surface area (Å²) in [7, 11) is 0. The molecule has 0 aliphatic heterocycles. The first-order valence-corrected chi connectivity index (χ1v) is 8.66. The third kappa shape index (κ3) is 3.25. The van der Waals surface area contributed by atoms with Crippen molar-refractivity contribution >= 4 is 11.3 Å². The zero-order chi connectivity index (χ0) is 15.2. The lowest BCUT2D eigenvalue weighted by atomic mass is 9.87. The predicted molar refractivity (Wildman–Crippen MR) is 88.4 cm³/mol. The van der Waals surface area contributed by atoms with Crippen molar-refractivity contribution in [1.82, 2.24) is 10.3 Å². The molecule has 3 heteroatoms. The van der Waals surface area contributed by atoms with Gasteiger partial charge in [-0.2, -0.15) is 0 Å². The van der Waals surface area contributed by atoms with Crippen molar-refractivity contribution in [3.8, 4) is 0 Å². The van der Waals surface area contributed by atoms with Gasteiger partial charge in [0.1, 0.15) is 5.01 Å². The van der Waals surface area contributed by atoms with Crippen LogP contribution in [0.4, 0.5) is 0 Å². The molecule has 1 unspecified atom stereocenters. The second-order valence-corrected chi connectivity index (χ2v) is 9.37. The van der Waals surface area contributed by atoms with E-state index in [1.54, 1.807) is 0 Å². The van der Waals surface area contributed by atoms with Crippen molar-refractivity contribution in [1.29, 1.82) is 0 Å². The summed E-state index contributed by atoms with van der Waals surface area (Å²) in [4.78, 5) is 5.01. The van der Waals surface area contributed by atoms with Crippen LogP contribution < -0.4 is 5.32 Å². The van der Waals surface area contributed by atoms with Gasteiger partial charge in [0.25, 0.3) is 0 Å². The normalized spacial score (nSPS) is 26.4. The van der Waals surface area contributed by atoms with Gasteiger partial charge in [0, 0.05) is 16.8 Å². The molecule has 1 aromatic heterocycles. The molecular weight excluding hydrogens is 264 g/mol. The van der Waals surface area contributed by atoms with Gasteiger partial charge in [-0.25, -0.2) is 4.98 Å². The minimum absolute atomic E-state index is 0.0891. The molecule has 0 spiro atoms. The molecule has 0 aromatic carbocycles. The van der Waals surface area contributed by atoms with E-state index in [2.05, 4.69) is 59.2 Å². The first-order valence-electron chi connectivity index (χ1n) is 7.78. The minimum atomic E-state index is 0.0891. The van der Waals surface area contributed by atoms with Gasteiger partial charge in [0.15, 0.2) is 0 Å². The molecule has 0 bridgehead atoms. The SMILES string of the molecule is CC(C)NC1(c2nc(C(C)(C)C)cs2)CCC(C)(C)C1. The molecule has 2 nitrogen and oxygen atoms in total.